The second-order valence-electron chi connectivity index (χ2n) is 5.03. The molecule has 112 valence electrons. The third kappa shape index (κ3) is 3.73. The molecule has 0 spiro atoms. The molecule has 0 aliphatic heterocycles. The van der Waals surface area contributed by atoms with Gasteiger partial charge in [-0.3, -0.25) is 0 Å². The van der Waals surface area contributed by atoms with Crippen molar-refractivity contribution in [2.24, 2.45) is 0 Å². The molecule has 0 amide bonds. The number of hydrogen-bond acceptors (Lipinski definition) is 4. The van der Waals surface area contributed by atoms with Gasteiger partial charge in [-0.05, 0) is 37.7 Å². The summed E-state index contributed by atoms with van der Waals surface area (Å²) in [6.45, 7) is 3.26. The molecule has 1 N–H and O–H groups in total. The van der Waals surface area contributed by atoms with Gasteiger partial charge >= 0.3 is 0 Å². The van der Waals surface area contributed by atoms with Gasteiger partial charge < -0.3 is 19.5 Å². The first-order valence-corrected chi connectivity index (χ1v) is 7.65. The molecule has 0 radical (unpaired) electrons. The lowest BCUT2D eigenvalue weighted by Gasteiger charge is -2.43. The lowest BCUT2D eigenvalue weighted by Crippen LogP contribution is -2.60. The van der Waals surface area contributed by atoms with E-state index in [9.17, 15) is 0 Å². The Bertz CT molecular complexity index is 441. The summed E-state index contributed by atoms with van der Waals surface area (Å²) in [5, 5.41) is 3.26. The largest absolute Gasteiger partial charge is 0.488 e. The van der Waals surface area contributed by atoms with E-state index in [1.54, 1.807) is 7.11 Å². The minimum absolute atomic E-state index is 0.0825. The van der Waals surface area contributed by atoms with Gasteiger partial charge in [-0.15, -0.1) is 0 Å². The fourth-order valence-electron chi connectivity index (χ4n) is 2.34. The van der Waals surface area contributed by atoms with Gasteiger partial charge in [0, 0.05) is 24.0 Å². The Hall–Kier alpha value is -0.620. The number of rotatable bonds is 7. The third-order valence-electron chi connectivity index (χ3n) is 3.63. The Labute approximate surface area is 128 Å². The van der Waals surface area contributed by atoms with Gasteiger partial charge in [0.05, 0.1) is 13.2 Å². The number of hydrogen-bond donors (Lipinski definition) is 1. The highest BCUT2D eigenvalue weighted by molar-refractivity contribution is 9.10. The molecule has 2 rings (SSSR count). The van der Waals surface area contributed by atoms with E-state index in [1.807, 2.05) is 25.2 Å². The molecule has 1 aliphatic rings. The molecular formula is C15H22BrNO3. The monoisotopic (exact) mass is 343 g/mol. The number of ether oxygens (including phenoxy) is 3. The number of nitrogens with one attached hydrogen (secondary N) is 1. The maximum Gasteiger partial charge on any atom is 0.128 e. The average Bonchev–Trinajstić information content (AvgIpc) is 2.43. The third-order valence-corrected chi connectivity index (χ3v) is 4.52. The maximum atomic E-state index is 6.03. The Morgan fingerprint density at radius 2 is 2.15 bits per heavy atom. The Balaban J connectivity index is 1.92. The number of methoxy groups -OCH3 is 1. The first kappa shape index (κ1) is 15.8. The lowest BCUT2D eigenvalue weighted by atomic mass is 9.85. The molecule has 3 atom stereocenters. The standard InChI is InChI=1S/C15H22BrNO3/c1-10-8-11(4-5-12(10)16)20-14-9-13(17-2)15(14)19-7-6-18-3/h4-5,8,13-15,17H,6-7,9H2,1-3H3. The van der Waals surface area contributed by atoms with Crippen molar-refractivity contribution in [3.05, 3.63) is 28.2 Å². The van der Waals surface area contributed by atoms with E-state index in [-0.39, 0.29) is 12.2 Å². The van der Waals surface area contributed by atoms with Crippen molar-refractivity contribution in [3.8, 4) is 5.75 Å². The lowest BCUT2D eigenvalue weighted by molar-refractivity contribution is -0.114. The van der Waals surface area contributed by atoms with Crippen LogP contribution in [0.4, 0.5) is 0 Å². The zero-order chi connectivity index (χ0) is 14.5. The van der Waals surface area contributed by atoms with E-state index in [1.165, 1.54) is 5.56 Å². The summed E-state index contributed by atoms with van der Waals surface area (Å²) < 4.78 is 18.0. The van der Waals surface area contributed by atoms with Crippen LogP contribution in [0.2, 0.25) is 0 Å². The second kappa shape index (κ2) is 7.41. The SMILES string of the molecule is CNC1CC(Oc2ccc(Br)c(C)c2)C1OCCOC. The minimum Gasteiger partial charge on any atom is -0.488 e. The molecule has 1 fully saturated rings. The van der Waals surface area contributed by atoms with Gasteiger partial charge in [0.1, 0.15) is 18.0 Å². The van der Waals surface area contributed by atoms with Crippen LogP contribution in [-0.4, -0.2) is 45.6 Å². The number of benzene rings is 1. The highest BCUT2D eigenvalue weighted by Crippen LogP contribution is 2.30. The predicted octanol–water partition coefficient (Wildman–Crippen LogP) is 2.53. The Morgan fingerprint density at radius 1 is 1.35 bits per heavy atom. The molecular weight excluding hydrogens is 322 g/mol. The highest BCUT2D eigenvalue weighted by Gasteiger charge is 2.43. The molecule has 20 heavy (non-hydrogen) atoms. The van der Waals surface area contributed by atoms with E-state index in [0.717, 1.165) is 16.6 Å². The van der Waals surface area contributed by atoms with Crippen LogP contribution in [-0.2, 0) is 9.47 Å². The molecule has 0 bridgehead atoms. The van der Waals surface area contributed by atoms with Crippen LogP contribution in [0.3, 0.4) is 0 Å². The summed E-state index contributed by atoms with van der Waals surface area (Å²) in [5.41, 5.74) is 1.17. The molecule has 3 unspecified atom stereocenters. The van der Waals surface area contributed by atoms with Crippen molar-refractivity contribution in [1.82, 2.24) is 5.32 Å². The van der Waals surface area contributed by atoms with E-state index in [2.05, 4.69) is 28.2 Å². The van der Waals surface area contributed by atoms with Crippen molar-refractivity contribution in [2.75, 3.05) is 27.4 Å². The first-order valence-electron chi connectivity index (χ1n) is 6.86. The Morgan fingerprint density at radius 3 is 2.80 bits per heavy atom. The van der Waals surface area contributed by atoms with E-state index < -0.39 is 0 Å². The van der Waals surface area contributed by atoms with Crippen LogP contribution in [0.1, 0.15) is 12.0 Å². The smallest absolute Gasteiger partial charge is 0.128 e. The average molecular weight is 344 g/mol. The second-order valence-corrected chi connectivity index (χ2v) is 5.88. The van der Waals surface area contributed by atoms with Crippen LogP contribution in [0.5, 0.6) is 5.75 Å². The van der Waals surface area contributed by atoms with Crippen LogP contribution in [0.25, 0.3) is 0 Å². The van der Waals surface area contributed by atoms with Gasteiger partial charge in [-0.25, -0.2) is 0 Å². The fraction of sp³-hybridized carbons (Fsp3) is 0.600. The summed E-state index contributed by atoms with van der Waals surface area (Å²) in [7, 11) is 3.63. The quantitative estimate of drug-likeness (QED) is 0.772. The summed E-state index contributed by atoms with van der Waals surface area (Å²) in [4.78, 5) is 0. The molecule has 0 aromatic heterocycles. The first-order chi connectivity index (χ1) is 9.65. The van der Waals surface area contributed by atoms with Crippen molar-refractivity contribution in [3.63, 3.8) is 0 Å². The van der Waals surface area contributed by atoms with Gasteiger partial charge in [-0.1, -0.05) is 15.9 Å². The summed E-state index contributed by atoms with van der Waals surface area (Å²) in [6.07, 6.45) is 1.15. The molecule has 1 aromatic rings. The number of aryl methyl sites for hydroxylation is 1. The molecule has 1 aliphatic carbocycles. The van der Waals surface area contributed by atoms with E-state index in [0.29, 0.717) is 19.3 Å². The Kier molecular flexibility index (Phi) is 5.84. The van der Waals surface area contributed by atoms with Crippen molar-refractivity contribution in [1.29, 1.82) is 0 Å². The summed E-state index contributed by atoms with van der Waals surface area (Å²) in [6, 6.07) is 6.40. The van der Waals surface area contributed by atoms with Crippen molar-refractivity contribution < 1.29 is 14.2 Å². The minimum atomic E-state index is 0.0825. The normalized spacial score (nSPS) is 25.3. The molecule has 5 heteroatoms. The van der Waals surface area contributed by atoms with Crippen molar-refractivity contribution in [2.45, 2.75) is 31.6 Å². The zero-order valence-corrected chi connectivity index (χ0v) is 13.8. The van der Waals surface area contributed by atoms with Crippen LogP contribution < -0.4 is 10.1 Å². The molecule has 1 aromatic carbocycles. The van der Waals surface area contributed by atoms with Gasteiger partial charge in [0.15, 0.2) is 0 Å². The van der Waals surface area contributed by atoms with Crippen molar-refractivity contribution >= 4 is 15.9 Å². The predicted molar refractivity (Wildman–Crippen MR) is 82.4 cm³/mol. The van der Waals surface area contributed by atoms with E-state index >= 15 is 0 Å². The maximum absolute atomic E-state index is 6.03. The molecule has 4 nitrogen and oxygen atoms in total. The number of halogens is 1. The van der Waals surface area contributed by atoms with E-state index in [4.69, 9.17) is 14.2 Å². The fourth-order valence-corrected chi connectivity index (χ4v) is 2.58. The summed E-state index contributed by atoms with van der Waals surface area (Å²) in [5.74, 6) is 0.894. The molecule has 0 heterocycles. The topological polar surface area (TPSA) is 39.7 Å². The van der Waals surface area contributed by atoms with Gasteiger partial charge in [0.25, 0.3) is 0 Å². The zero-order valence-electron chi connectivity index (χ0n) is 12.2. The molecule has 0 saturated heterocycles. The van der Waals surface area contributed by atoms with Crippen LogP contribution >= 0.6 is 15.9 Å². The van der Waals surface area contributed by atoms with Gasteiger partial charge in [-0.2, -0.15) is 0 Å². The highest BCUT2D eigenvalue weighted by atomic mass is 79.9. The van der Waals surface area contributed by atoms with Crippen LogP contribution in [0.15, 0.2) is 22.7 Å². The number of likely N-dealkylation sites (N-methyl/N-ethyl adjacent to an activating group) is 1. The summed E-state index contributed by atoms with van der Waals surface area (Å²) >= 11 is 3.50. The van der Waals surface area contributed by atoms with Gasteiger partial charge in [0.2, 0.25) is 0 Å². The van der Waals surface area contributed by atoms with Crippen LogP contribution in [0, 0.1) is 6.92 Å². The molecule has 1 saturated carbocycles.